The molecular weight excluding hydrogens is 262 g/mol. The first-order chi connectivity index (χ1) is 10.2. The average Bonchev–Trinajstić information content (AvgIpc) is 2.94. The summed E-state index contributed by atoms with van der Waals surface area (Å²) in [6.07, 6.45) is 1.29. The van der Waals surface area contributed by atoms with E-state index in [4.69, 9.17) is 4.74 Å². The van der Waals surface area contributed by atoms with E-state index >= 15 is 0 Å². The number of aryl methyl sites for hydroxylation is 1. The van der Waals surface area contributed by atoms with Crippen molar-refractivity contribution in [1.82, 2.24) is 4.57 Å². The van der Waals surface area contributed by atoms with Crippen LogP contribution in [0.3, 0.4) is 0 Å². The minimum Gasteiger partial charge on any atom is -0.457 e. The van der Waals surface area contributed by atoms with E-state index in [1.807, 2.05) is 84.5 Å². The Hall–Kier alpha value is -2.52. The topological polar surface area (TPSA) is 34.4 Å². The minimum absolute atomic E-state index is 0.629. The summed E-state index contributed by atoms with van der Waals surface area (Å²) in [5.41, 5.74) is 1.71. The zero-order chi connectivity index (χ0) is 14.7. The molecule has 0 unspecified atom stereocenters. The van der Waals surface area contributed by atoms with E-state index in [9.17, 15) is 5.11 Å². The van der Waals surface area contributed by atoms with Gasteiger partial charge < -0.3 is 14.4 Å². The molecule has 0 radical (unpaired) electrons. The molecule has 0 aliphatic heterocycles. The number of para-hydroxylation sites is 1. The molecule has 0 fully saturated rings. The molecule has 21 heavy (non-hydrogen) atoms. The second-order valence-electron chi connectivity index (χ2n) is 4.93. The van der Waals surface area contributed by atoms with Crippen LogP contribution in [0.4, 0.5) is 0 Å². The highest BCUT2D eigenvalue weighted by atomic mass is 16.5. The van der Waals surface area contributed by atoms with Crippen molar-refractivity contribution in [2.75, 3.05) is 0 Å². The Labute approximate surface area is 124 Å². The van der Waals surface area contributed by atoms with Crippen molar-refractivity contribution in [3.63, 3.8) is 0 Å². The molecule has 1 atom stereocenters. The fourth-order valence-electron chi connectivity index (χ4n) is 2.27. The molecule has 0 bridgehead atoms. The van der Waals surface area contributed by atoms with Crippen LogP contribution >= 0.6 is 0 Å². The predicted octanol–water partition coefficient (Wildman–Crippen LogP) is 3.90. The number of hydrogen-bond acceptors (Lipinski definition) is 2. The van der Waals surface area contributed by atoms with Crippen molar-refractivity contribution in [2.45, 2.75) is 6.10 Å². The third-order valence-corrected chi connectivity index (χ3v) is 3.44. The first kappa shape index (κ1) is 13.5. The molecule has 0 aliphatic carbocycles. The third kappa shape index (κ3) is 2.98. The van der Waals surface area contributed by atoms with Crippen molar-refractivity contribution in [2.24, 2.45) is 7.05 Å². The molecule has 0 amide bonds. The fourth-order valence-corrected chi connectivity index (χ4v) is 2.27. The predicted molar refractivity (Wildman–Crippen MR) is 82.4 cm³/mol. The van der Waals surface area contributed by atoms with Crippen LogP contribution < -0.4 is 4.74 Å². The molecule has 106 valence electrons. The molecule has 3 heteroatoms. The van der Waals surface area contributed by atoms with E-state index in [0.717, 1.165) is 22.8 Å². The van der Waals surface area contributed by atoms with E-state index in [1.54, 1.807) is 0 Å². The highest BCUT2D eigenvalue weighted by Crippen LogP contribution is 2.26. The maximum Gasteiger partial charge on any atom is 0.127 e. The third-order valence-electron chi connectivity index (χ3n) is 3.44. The van der Waals surface area contributed by atoms with Gasteiger partial charge in [0.05, 0.1) is 5.69 Å². The fraction of sp³-hybridized carbons (Fsp3) is 0.111. The summed E-state index contributed by atoms with van der Waals surface area (Å²) in [4.78, 5) is 0. The van der Waals surface area contributed by atoms with Gasteiger partial charge in [0.2, 0.25) is 0 Å². The van der Waals surface area contributed by atoms with Gasteiger partial charge in [-0.25, -0.2) is 0 Å². The van der Waals surface area contributed by atoms with E-state index in [2.05, 4.69) is 0 Å². The maximum absolute atomic E-state index is 10.4. The second-order valence-corrected chi connectivity index (χ2v) is 4.93. The van der Waals surface area contributed by atoms with Crippen LogP contribution in [0.25, 0.3) is 0 Å². The molecule has 3 aromatic rings. The van der Waals surface area contributed by atoms with Gasteiger partial charge in [-0.2, -0.15) is 0 Å². The van der Waals surface area contributed by atoms with Crippen LogP contribution in [0.2, 0.25) is 0 Å². The number of nitrogens with zero attached hydrogens (tertiary/aromatic N) is 1. The maximum atomic E-state index is 10.4. The lowest BCUT2D eigenvalue weighted by Gasteiger charge is -2.13. The van der Waals surface area contributed by atoms with Gasteiger partial charge in [-0.3, -0.25) is 0 Å². The largest absolute Gasteiger partial charge is 0.457 e. The Morgan fingerprint density at radius 1 is 0.857 bits per heavy atom. The molecule has 1 heterocycles. The summed E-state index contributed by atoms with van der Waals surface area (Å²) in [7, 11) is 1.92. The van der Waals surface area contributed by atoms with Crippen molar-refractivity contribution >= 4 is 0 Å². The van der Waals surface area contributed by atoms with Gasteiger partial charge in [0, 0.05) is 13.2 Å². The van der Waals surface area contributed by atoms with Gasteiger partial charge in [-0.15, -0.1) is 0 Å². The second kappa shape index (κ2) is 5.85. The zero-order valence-corrected chi connectivity index (χ0v) is 11.8. The van der Waals surface area contributed by atoms with Crippen molar-refractivity contribution in [3.8, 4) is 11.5 Å². The number of aliphatic hydroxyl groups excluding tert-OH is 1. The molecule has 0 spiro atoms. The van der Waals surface area contributed by atoms with Crippen LogP contribution in [0, 0.1) is 0 Å². The molecule has 3 nitrogen and oxygen atoms in total. The van der Waals surface area contributed by atoms with Crippen LogP contribution in [0.15, 0.2) is 72.9 Å². The molecule has 2 aromatic carbocycles. The van der Waals surface area contributed by atoms with E-state index < -0.39 is 6.10 Å². The van der Waals surface area contributed by atoms with Crippen LogP contribution in [0.5, 0.6) is 11.5 Å². The molecule has 1 N–H and O–H groups in total. The van der Waals surface area contributed by atoms with E-state index in [1.165, 1.54) is 0 Å². The number of hydrogen-bond donors (Lipinski definition) is 1. The molecular formula is C18H17NO2. The summed E-state index contributed by atoms with van der Waals surface area (Å²) in [5, 5.41) is 10.4. The Bertz CT molecular complexity index is 702. The highest BCUT2D eigenvalue weighted by molar-refractivity contribution is 5.35. The summed E-state index contributed by atoms with van der Waals surface area (Å²) < 4.78 is 7.66. The first-order valence-corrected chi connectivity index (χ1v) is 6.86. The van der Waals surface area contributed by atoms with Crippen LogP contribution in [0.1, 0.15) is 17.4 Å². The van der Waals surface area contributed by atoms with Crippen molar-refractivity contribution < 1.29 is 9.84 Å². The van der Waals surface area contributed by atoms with Gasteiger partial charge in [0.15, 0.2) is 0 Å². The minimum atomic E-state index is -0.629. The SMILES string of the molecule is Cn1cccc1[C@H](O)c1ccc(Oc2ccccc2)cc1. The molecule has 0 saturated carbocycles. The van der Waals surface area contributed by atoms with Crippen LogP contribution in [-0.4, -0.2) is 9.67 Å². The Morgan fingerprint density at radius 2 is 1.52 bits per heavy atom. The summed E-state index contributed by atoms with van der Waals surface area (Å²) in [6, 6.07) is 21.0. The number of aliphatic hydroxyl groups is 1. The Morgan fingerprint density at radius 3 is 2.14 bits per heavy atom. The van der Waals surface area contributed by atoms with Crippen molar-refractivity contribution in [3.05, 3.63) is 84.2 Å². The monoisotopic (exact) mass is 279 g/mol. The van der Waals surface area contributed by atoms with E-state index in [-0.39, 0.29) is 0 Å². The quantitative estimate of drug-likeness (QED) is 0.786. The summed E-state index contributed by atoms with van der Waals surface area (Å²) in [5.74, 6) is 1.55. The smallest absolute Gasteiger partial charge is 0.127 e. The summed E-state index contributed by atoms with van der Waals surface area (Å²) in [6.45, 7) is 0. The van der Waals surface area contributed by atoms with Crippen molar-refractivity contribution in [1.29, 1.82) is 0 Å². The lowest BCUT2D eigenvalue weighted by Crippen LogP contribution is -2.04. The first-order valence-electron chi connectivity index (χ1n) is 6.86. The van der Waals surface area contributed by atoms with Gasteiger partial charge >= 0.3 is 0 Å². The van der Waals surface area contributed by atoms with Crippen LogP contribution in [-0.2, 0) is 7.05 Å². The summed E-state index contributed by atoms with van der Waals surface area (Å²) >= 11 is 0. The standard InChI is InChI=1S/C18H17NO2/c1-19-13-5-8-17(19)18(20)14-9-11-16(12-10-14)21-15-6-3-2-4-7-15/h2-13,18,20H,1H3/t18-/m1/s1. The van der Waals surface area contributed by atoms with E-state index in [0.29, 0.717) is 0 Å². The number of ether oxygens (including phenoxy) is 1. The molecule has 3 rings (SSSR count). The Balaban J connectivity index is 1.77. The normalized spacial score (nSPS) is 12.1. The van der Waals surface area contributed by atoms with Gasteiger partial charge in [0.1, 0.15) is 17.6 Å². The van der Waals surface area contributed by atoms with Gasteiger partial charge in [-0.1, -0.05) is 30.3 Å². The molecule has 0 aliphatic rings. The number of rotatable bonds is 4. The average molecular weight is 279 g/mol. The highest BCUT2D eigenvalue weighted by Gasteiger charge is 2.12. The molecule has 0 saturated heterocycles. The lowest BCUT2D eigenvalue weighted by molar-refractivity contribution is 0.211. The van der Waals surface area contributed by atoms with Gasteiger partial charge in [-0.05, 0) is 42.0 Å². The zero-order valence-electron chi connectivity index (χ0n) is 11.8. The number of aromatic nitrogens is 1. The van der Waals surface area contributed by atoms with Gasteiger partial charge in [0.25, 0.3) is 0 Å². The lowest BCUT2D eigenvalue weighted by atomic mass is 10.1. The number of benzene rings is 2. The molecule has 1 aromatic heterocycles. The Kier molecular flexibility index (Phi) is 3.75.